The second-order valence-electron chi connectivity index (χ2n) is 10.1. The van der Waals surface area contributed by atoms with Gasteiger partial charge in [0.25, 0.3) is 5.91 Å². The summed E-state index contributed by atoms with van der Waals surface area (Å²) in [6.45, 7) is 0. The Bertz CT molecular complexity index is 1570. The Kier molecular flexibility index (Phi) is 14.7. The molecule has 0 saturated heterocycles. The van der Waals surface area contributed by atoms with E-state index in [9.17, 15) is 45.8 Å². The molecule has 0 bridgehead atoms. The summed E-state index contributed by atoms with van der Waals surface area (Å²) in [6.07, 6.45) is -10.1. The molecule has 4 rings (SSSR count). The van der Waals surface area contributed by atoms with Crippen molar-refractivity contribution in [1.29, 1.82) is 0 Å². The van der Waals surface area contributed by atoms with Crippen molar-refractivity contribution in [3.8, 4) is 5.75 Å². The van der Waals surface area contributed by atoms with Gasteiger partial charge in [-0.2, -0.15) is 13.2 Å². The van der Waals surface area contributed by atoms with Crippen molar-refractivity contribution >= 4 is 63.3 Å². The molecule has 0 spiro atoms. The van der Waals surface area contributed by atoms with E-state index in [0.29, 0.717) is 10.8 Å². The number of hydrogen-bond donors (Lipinski definition) is 4. The average Bonchev–Trinajstić information content (AvgIpc) is 2.91. The Morgan fingerprint density at radius 3 is 1.89 bits per heavy atom. The summed E-state index contributed by atoms with van der Waals surface area (Å²) in [5.41, 5.74) is -0.527. The molecule has 1 saturated carbocycles. The number of rotatable bonds is 7. The van der Waals surface area contributed by atoms with E-state index in [1.165, 1.54) is 12.1 Å². The van der Waals surface area contributed by atoms with Crippen LogP contribution in [0.1, 0.15) is 36.0 Å². The van der Waals surface area contributed by atoms with Crippen molar-refractivity contribution in [3.05, 3.63) is 64.1 Å². The van der Waals surface area contributed by atoms with Crippen molar-refractivity contribution in [2.45, 2.75) is 44.3 Å². The zero-order chi connectivity index (χ0) is 32.4. The first-order chi connectivity index (χ1) is 20.5. The van der Waals surface area contributed by atoms with E-state index in [1.807, 2.05) is 0 Å². The van der Waals surface area contributed by atoms with Crippen molar-refractivity contribution < 1.29 is 80.4 Å². The first-order valence-electron chi connectivity index (χ1n) is 13.0. The predicted octanol–water partition coefficient (Wildman–Crippen LogP) is 4.24. The van der Waals surface area contributed by atoms with Crippen LogP contribution in [0, 0.1) is 11.8 Å². The van der Waals surface area contributed by atoms with Crippen LogP contribution in [0.5, 0.6) is 5.75 Å². The number of carboxylic acids is 1. The minimum Gasteiger partial charge on any atom is -0.870 e. The van der Waals surface area contributed by atoms with Crippen molar-refractivity contribution in [2.75, 3.05) is 10.6 Å². The van der Waals surface area contributed by atoms with Crippen LogP contribution in [0.4, 0.5) is 42.5 Å². The number of carbonyl (C=O) groups is 3. The summed E-state index contributed by atoms with van der Waals surface area (Å²) < 4.78 is 80.8. The summed E-state index contributed by atoms with van der Waals surface area (Å²) in [4.78, 5) is 38.4. The SMILES string of the molecule is O.O=C(Nc1cc2ccccc2cc1C(=O)NC(C(=O)O)C1CCC(C(F)(F)F)CC1)Nc1c(Cl)cc(OC(F)(F)F)cc1Cl.[Li+].[OH-]. The molecular formula is C28H26Cl2F6LiN3O7. The summed E-state index contributed by atoms with van der Waals surface area (Å²) in [5.74, 6) is -5.38. The van der Waals surface area contributed by atoms with Crippen LogP contribution in [-0.2, 0) is 4.79 Å². The molecule has 47 heavy (non-hydrogen) atoms. The van der Waals surface area contributed by atoms with E-state index in [2.05, 4.69) is 20.7 Å². The largest absolute Gasteiger partial charge is 1.00 e. The number of fused-ring (bicyclic) bond motifs is 1. The summed E-state index contributed by atoms with van der Waals surface area (Å²) >= 11 is 12.0. The number of anilines is 2. The Morgan fingerprint density at radius 2 is 1.40 bits per heavy atom. The Morgan fingerprint density at radius 1 is 0.872 bits per heavy atom. The average molecular weight is 708 g/mol. The number of aliphatic carboxylic acids is 1. The maximum Gasteiger partial charge on any atom is 1.00 e. The normalized spacial score (nSPS) is 16.8. The number of carboxylic acid groups (broad SMARTS) is 1. The standard InChI is InChI=1S/C28H23Cl2F6N3O5.Li.2H2O/c29-19-11-17(44-28(34,35)36)12-20(30)23(19)39-26(43)37-21-10-15-4-2-1-3-14(15)9-18(21)24(40)38-22(25(41)42)13-5-7-16(8-6-13)27(31,32)33;;;/h1-4,9-13,16,22H,5-8H2,(H,38,40)(H,41,42)(H2,37,39,43);;2*1H2/q;+1;;/p-1. The molecule has 1 atom stereocenters. The van der Waals surface area contributed by atoms with Crippen LogP contribution in [0.25, 0.3) is 10.8 Å². The van der Waals surface area contributed by atoms with Gasteiger partial charge in [-0.3, -0.25) is 4.79 Å². The van der Waals surface area contributed by atoms with Gasteiger partial charge in [0.05, 0.1) is 32.9 Å². The molecule has 3 aromatic rings. The third kappa shape index (κ3) is 10.8. The maximum atomic E-state index is 13.4. The summed E-state index contributed by atoms with van der Waals surface area (Å²) in [7, 11) is 0. The quantitative estimate of drug-likeness (QED) is 0.211. The Labute approximate surface area is 284 Å². The van der Waals surface area contributed by atoms with Crippen LogP contribution >= 0.6 is 23.2 Å². The number of hydrogen-bond acceptors (Lipinski definition) is 5. The molecular weight excluding hydrogens is 682 g/mol. The number of carbonyl (C=O) groups excluding carboxylic acids is 2. The molecule has 3 amide bonds. The number of benzene rings is 3. The number of nitrogens with one attached hydrogen (secondary N) is 3. The smallest absolute Gasteiger partial charge is 0.870 e. The Hall–Kier alpha value is -3.39. The second kappa shape index (κ2) is 16.6. The van der Waals surface area contributed by atoms with E-state index >= 15 is 0 Å². The van der Waals surface area contributed by atoms with Crippen LogP contribution in [0.3, 0.4) is 0 Å². The zero-order valence-electron chi connectivity index (χ0n) is 24.2. The van der Waals surface area contributed by atoms with Crippen molar-refractivity contribution in [3.63, 3.8) is 0 Å². The molecule has 1 aliphatic carbocycles. The molecule has 0 aromatic heterocycles. The van der Waals surface area contributed by atoms with Gasteiger partial charge < -0.3 is 36.7 Å². The summed E-state index contributed by atoms with van der Waals surface area (Å²) in [5, 5.41) is 17.3. The first-order valence-corrected chi connectivity index (χ1v) is 13.7. The first kappa shape index (κ1) is 41.6. The minimum absolute atomic E-state index is 0. The zero-order valence-corrected chi connectivity index (χ0v) is 25.7. The van der Waals surface area contributed by atoms with E-state index < -0.39 is 64.1 Å². The van der Waals surface area contributed by atoms with Gasteiger partial charge in [0.1, 0.15) is 11.8 Å². The summed E-state index contributed by atoms with van der Waals surface area (Å²) in [6, 6.07) is 8.56. The van der Waals surface area contributed by atoms with E-state index in [-0.39, 0.29) is 72.4 Å². The van der Waals surface area contributed by atoms with Gasteiger partial charge in [0, 0.05) is 12.1 Å². The molecule has 252 valence electrons. The van der Waals surface area contributed by atoms with Gasteiger partial charge >= 0.3 is 43.4 Å². The van der Waals surface area contributed by atoms with Gasteiger partial charge in [0.2, 0.25) is 0 Å². The fraction of sp³-hybridized carbons (Fsp3) is 0.321. The van der Waals surface area contributed by atoms with Crippen LogP contribution in [0.2, 0.25) is 10.0 Å². The number of alkyl halides is 6. The van der Waals surface area contributed by atoms with Gasteiger partial charge in [-0.25, -0.2) is 9.59 Å². The third-order valence-corrected chi connectivity index (χ3v) is 7.72. The number of urea groups is 1. The van der Waals surface area contributed by atoms with Crippen LogP contribution < -0.4 is 39.5 Å². The Balaban J connectivity index is 0.00000368. The number of halogens is 8. The molecule has 3 aromatic carbocycles. The number of amides is 3. The van der Waals surface area contributed by atoms with Crippen molar-refractivity contribution in [1.82, 2.24) is 5.32 Å². The van der Waals surface area contributed by atoms with Gasteiger partial charge in [-0.05, 0) is 54.5 Å². The second-order valence-corrected chi connectivity index (χ2v) is 10.9. The topological polar surface area (TPSA) is 178 Å². The van der Waals surface area contributed by atoms with Gasteiger partial charge in [-0.15, -0.1) is 13.2 Å². The number of ether oxygens (including phenoxy) is 1. The van der Waals surface area contributed by atoms with Crippen LogP contribution in [-0.4, -0.2) is 52.5 Å². The minimum atomic E-state index is -5.02. The predicted molar refractivity (Wildman–Crippen MR) is 156 cm³/mol. The molecule has 10 nitrogen and oxygen atoms in total. The van der Waals surface area contributed by atoms with E-state index in [4.69, 9.17) is 23.2 Å². The van der Waals surface area contributed by atoms with E-state index in [1.54, 1.807) is 24.3 Å². The monoisotopic (exact) mass is 707 g/mol. The molecule has 0 radical (unpaired) electrons. The fourth-order valence-electron chi connectivity index (χ4n) is 5.04. The fourth-order valence-corrected chi connectivity index (χ4v) is 5.60. The van der Waals surface area contributed by atoms with Gasteiger partial charge in [-0.1, -0.05) is 47.5 Å². The third-order valence-electron chi connectivity index (χ3n) is 7.13. The molecule has 19 heteroatoms. The molecule has 0 aliphatic heterocycles. The molecule has 1 aliphatic rings. The molecule has 0 heterocycles. The maximum absolute atomic E-state index is 13.4. The van der Waals surface area contributed by atoms with E-state index in [0.717, 1.165) is 12.1 Å². The van der Waals surface area contributed by atoms with Crippen molar-refractivity contribution in [2.24, 2.45) is 11.8 Å². The molecule has 7 N–H and O–H groups in total. The van der Waals surface area contributed by atoms with Gasteiger partial charge in [0.15, 0.2) is 0 Å². The molecule has 1 fully saturated rings. The molecule has 1 unspecified atom stereocenters. The van der Waals surface area contributed by atoms with Crippen LogP contribution in [0.15, 0.2) is 48.5 Å².